The number of halogens is 1. The molecule has 172 valence electrons. The number of hydrogen-bond donors (Lipinski definition) is 2. The van der Waals surface area contributed by atoms with Crippen molar-refractivity contribution in [2.45, 2.75) is 6.92 Å². The van der Waals surface area contributed by atoms with E-state index in [0.717, 1.165) is 4.47 Å². The Balaban J connectivity index is 1.60. The molecular weight excluding hydrogens is 508 g/mol. The van der Waals surface area contributed by atoms with E-state index in [-0.39, 0.29) is 17.0 Å². The highest BCUT2D eigenvalue weighted by Gasteiger charge is 2.21. The van der Waals surface area contributed by atoms with Gasteiger partial charge >= 0.3 is 17.8 Å². The number of nitrogens with zero attached hydrogens (tertiary/aromatic N) is 2. The molecule has 0 heterocycles. The molecule has 2 amide bonds. The summed E-state index contributed by atoms with van der Waals surface area (Å²) in [5.74, 6) is -2.53. The van der Waals surface area contributed by atoms with Crippen molar-refractivity contribution in [3.8, 4) is 5.75 Å². The van der Waals surface area contributed by atoms with Gasteiger partial charge in [-0.05, 0) is 67.1 Å². The Kier molecular flexibility index (Phi) is 7.83. The fourth-order valence-electron chi connectivity index (χ4n) is 2.70. The maximum absolute atomic E-state index is 12.3. The van der Waals surface area contributed by atoms with Gasteiger partial charge in [0.05, 0.1) is 10.6 Å². The zero-order valence-electron chi connectivity index (χ0n) is 17.7. The number of para-hydroxylation sites is 1. The maximum atomic E-state index is 12.3. The summed E-state index contributed by atoms with van der Waals surface area (Å²) >= 11 is 3.28. The Hall–Kier alpha value is -4.38. The van der Waals surface area contributed by atoms with Crippen molar-refractivity contribution in [3.05, 3.63) is 98.5 Å². The minimum Gasteiger partial charge on any atom is -0.423 e. The number of esters is 1. The molecule has 3 aromatic carbocycles. The number of carbonyl (C=O) groups excluding carboxylic acids is 3. The number of nitro groups is 1. The molecule has 2 N–H and O–H groups in total. The molecule has 11 heteroatoms. The van der Waals surface area contributed by atoms with Crippen molar-refractivity contribution < 1.29 is 24.0 Å². The summed E-state index contributed by atoms with van der Waals surface area (Å²) < 4.78 is 6.04. The van der Waals surface area contributed by atoms with Crippen molar-refractivity contribution >= 4 is 50.8 Å². The second-order valence-electron chi connectivity index (χ2n) is 6.79. The van der Waals surface area contributed by atoms with Gasteiger partial charge in [-0.3, -0.25) is 19.7 Å². The van der Waals surface area contributed by atoms with Gasteiger partial charge in [-0.25, -0.2) is 10.2 Å². The van der Waals surface area contributed by atoms with Gasteiger partial charge in [-0.2, -0.15) is 5.10 Å². The average Bonchev–Trinajstić information content (AvgIpc) is 2.84. The molecule has 0 aliphatic rings. The van der Waals surface area contributed by atoms with Gasteiger partial charge < -0.3 is 10.1 Å². The summed E-state index contributed by atoms with van der Waals surface area (Å²) in [7, 11) is 0. The van der Waals surface area contributed by atoms with Crippen molar-refractivity contribution in [2.75, 3.05) is 5.32 Å². The van der Waals surface area contributed by atoms with E-state index in [0.29, 0.717) is 17.0 Å². The molecule has 0 aromatic heterocycles. The Morgan fingerprint density at radius 1 is 0.941 bits per heavy atom. The van der Waals surface area contributed by atoms with E-state index in [9.17, 15) is 24.5 Å². The summed E-state index contributed by atoms with van der Waals surface area (Å²) in [6, 6.07) is 18.3. The first-order valence-corrected chi connectivity index (χ1v) is 10.5. The summed E-state index contributed by atoms with van der Waals surface area (Å²) in [5.41, 5.74) is 3.08. The third-order valence-corrected chi connectivity index (χ3v) is 4.97. The van der Waals surface area contributed by atoms with Gasteiger partial charge in [0, 0.05) is 16.2 Å². The summed E-state index contributed by atoms with van der Waals surface area (Å²) in [5, 5.41) is 17.4. The number of carbonyl (C=O) groups is 3. The van der Waals surface area contributed by atoms with E-state index >= 15 is 0 Å². The molecule has 0 aliphatic heterocycles. The highest BCUT2D eigenvalue weighted by molar-refractivity contribution is 9.10. The van der Waals surface area contributed by atoms with E-state index < -0.39 is 22.7 Å². The molecule has 0 saturated carbocycles. The minimum absolute atomic E-state index is 0.164. The fraction of sp³-hybridized carbons (Fsp3) is 0.0435. The lowest BCUT2D eigenvalue weighted by Gasteiger charge is -2.07. The number of rotatable bonds is 6. The molecule has 0 radical (unpaired) electrons. The van der Waals surface area contributed by atoms with E-state index in [4.69, 9.17) is 4.74 Å². The van der Waals surface area contributed by atoms with Crippen LogP contribution in [0.5, 0.6) is 5.75 Å². The predicted octanol–water partition coefficient (Wildman–Crippen LogP) is 4.06. The first kappa shape index (κ1) is 24.3. The molecule has 34 heavy (non-hydrogen) atoms. The van der Waals surface area contributed by atoms with Crippen LogP contribution in [0.1, 0.15) is 22.8 Å². The molecule has 0 atom stereocenters. The quantitative estimate of drug-likeness (QED) is 0.124. The Labute approximate surface area is 201 Å². The van der Waals surface area contributed by atoms with Crippen LogP contribution in [0.3, 0.4) is 0 Å². The number of nitro benzene ring substituents is 1. The van der Waals surface area contributed by atoms with Crippen molar-refractivity contribution in [1.82, 2.24) is 5.43 Å². The second kappa shape index (κ2) is 11.0. The molecule has 0 bridgehead atoms. The third-order valence-electron chi connectivity index (χ3n) is 4.44. The molecular formula is C23H17BrN4O6. The number of benzene rings is 3. The zero-order chi connectivity index (χ0) is 24.7. The number of hydrogen-bond acceptors (Lipinski definition) is 7. The van der Waals surface area contributed by atoms with Crippen LogP contribution in [0.15, 0.2) is 82.4 Å². The standard InChI is InChI=1S/C23H17BrN4O6/c1-14(26-27-22(30)21(29)25-17-10-8-16(24)9-11-17)15-6-12-18(13-7-15)34-23(31)19-4-2-3-5-20(19)28(32)33/h2-13H,1H3,(H,25,29)(H,27,30)/b26-14+. The smallest absolute Gasteiger partial charge is 0.350 e. The van der Waals surface area contributed by atoms with Crippen molar-refractivity contribution in [2.24, 2.45) is 5.10 Å². The molecule has 3 aromatic rings. The molecule has 3 rings (SSSR count). The largest absolute Gasteiger partial charge is 0.423 e. The average molecular weight is 525 g/mol. The lowest BCUT2D eigenvalue weighted by atomic mass is 10.1. The van der Waals surface area contributed by atoms with Crippen LogP contribution in [0.2, 0.25) is 0 Å². The third kappa shape index (κ3) is 6.33. The van der Waals surface area contributed by atoms with E-state index in [1.807, 2.05) is 0 Å². The van der Waals surface area contributed by atoms with Gasteiger partial charge in [-0.15, -0.1) is 0 Å². The van der Waals surface area contributed by atoms with Crippen LogP contribution in [0.25, 0.3) is 0 Å². The number of ether oxygens (including phenoxy) is 1. The number of hydrazone groups is 1. The van der Waals surface area contributed by atoms with E-state index in [2.05, 4.69) is 31.8 Å². The molecule has 0 unspecified atom stereocenters. The first-order chi connectivity index (χ1) is 16.2. The molecule has 0 saturated heterocycles. The normalized spacial score (nSPS) is 10.8. The van der Waals surface area contributed by atoms with Crippen LogP contribution in [-0.4, -0.2) is 28.4 Å². The Bertz CT molecular complexity index is 1270. The Morgan fingerprint density at radius 3 is 2.24 bits per heavy atom. The van der Waals surface area contributed by atoms with E-state index in [1.54, 1.807) is 43.3 Å². The molecule has 0 spiro atoms. The van der Waals surface area contributed by atoms with Gasteiger partial charge in [0.15, 0.2) is 0 Å². The van der Waals surface area contributed by atoms with Gasteiger partial charge in [0.2, 0.25) is 0 Å². The van der Waals surface area contributed by atoms with Crippen LogP contribution < -0.4 is 15.5 Å². The molecule has 0 fully saturated rings. The number of anilines is 1. The lowest BCUT2D eigenvalue weighted by molar-refractivity contribution is -0.385. The second-order valence-corrected chi connectivity index (χ2v) is 7.70. The SMILES string of the molecule is C/C(=N\NC(=O)C(=O)Nc1ccc(Br)cc1)c1ccc(OC(=O)c2ccccc2[N+](=O)[O-])cc1. The zero-order valence-corrected chi connectivity index (χ0v) is 19.2. The van der Waals surface area contributed by atoms with Crippen LogP contribution in [0.4, 0.5) is 11.4 Å². The van der Waals surface area contributed by atoms with Crippen LogP contribution >= 0.6 is 15.9 Å². The monoisotopic (exact) mass is 524 g/mol. The Morgan fingerprint density at radius 2 is 1.59 bits per heavy atom. The lowest BCUT2D eigenvalue weighted by Crippen LogP contribution is -2.32. The van der Waals surface area contributed by atoms with Gasteiger partial charge in [0.1, 0.15) is 11.3 Å². The maximum Gasteiger partial charge on any atom is 0.350 e. The number of nitrogens with one attached hydrogen (secondary N) is 2. The van der Waals surface area contributed by atoms with Gasteiger partial charge in [-0.1, -0.05) is 28.1 Å². The summed E-state index contributed by atoms with van der Waals surface area (Å²) in [6.07, 6.45) is 0. The fourth-order valence-corrected chi connectivity index (χ4v) is 2.97. The minimum atomic E-state index is -0.947. The molecule has 0 aliphatic carbocycles. The van der Waals surface area contributed by atoms with Crippen molar-refractivity contribution in [3.63, 3.8) is 0 Å². The van der Waals surface area contributed by atoms with Crippen LogP contribution in [-0.2, 0) is 9.59 Å². The first-order valence-electron chi connectivity index (χ1n) is 9.72. The summed E-state index contributed by atoms with van der Waals surface area (Å²) in [4.78, 5) is 46.7. The summed E-state index contributed by atoms with van der Waals surface area (Å²) in [6.45, 7) is 1.61. The topological polar surface area (TPSA) is 140 Å². The highest BCUT2D eigenvalue weighted by Crippen LogP contribution is 2.21. The highest BCUT2D eigenvalue weighted by atomic mass is 79.9. The molecule has 10 nitrogen and oxygen atoms in total. The predicted molar refractivity (Wildman–Crippen MR) is 128 cm³/mol. The van der Waals surface area contributed by atoms with E-state index in [1.165, 1.54) is 36.4 Å². The van der Waals surface area contributed by atoms with Gasteiger partial charge in [0.25, 0.3) is 5.69 Å². The van der Waals surface area contributed by atoms with Crippen molar-refractivity contribution in [1.29, 1.82) is 0 Å². The van der Waals surface area contributed by atoms with Crippen LogP contribution in [0, 0.1) is 10.1 Å². The number of amides is 2.